The van der Waals surface area contributed by atoms with Crippen LogP contribution < -0.4 is 4.74 Å². The SMILES string of the molecule is CCCCOc1ccccc1C=C1SC(N2CCN(C)CC2)=NC1=O. The van der Waals surface area contributed by atoms with Crippen LogP contribution in [0.5, 0.6) is 5.75 Å². The second-order valence-electron chi connectivity index (χ2n) is 6.34. The van der Waals surface area contributed by atoms with Crippen LogP contribution in [0, 0.1) is 0 Å². The molecule has 0 N–H and O–H groups in total. The molecule has 2 aliphatic rings. The van der Waals surface area contributed by atoms with Crippen molar-refractivity contribution in [3.05, 3.63) is 34.7 Å². The van der Waals surface area contributed by atoms with Crippen LogP contribution >= 0.6 is 11.8 Å². The Bertz CT molecular complexity index is 679. The number of hydrogen-bond donors (Lipinski definition) is 0. The smallest absolute Gasteiger partial charge is 0.286 e. The average Bonchev–Trinajstić information content (AvgIpc) is 2.98. The van der Waals surface area contributed by atoms with Crippen LogP contribution in [0.15, 0.2) is 34.2 Å². The molecule has 5 nitrogen and oxygen atoms in total. The number of carbonyl (C=O) groups excluding carboxylic acids is 1. The van der Waals surface area contributed by atoms with Crippen molar-refractivity contribution in [2.75, 3.05) is 39.8 Å². The topological polar surface area (TPSA) is 45.1 Å². The van der Waals surface area contributed by atoms with Crippen molar-refractivity contribution in [2.45, 2.75) is 19.8 Å². The minimum absolute atomic E-state index is 0.151. The van der Waals surface area contributed by atoms with Gasteiger partial charge >= 0.3 is 0 Å². The predicted octanol–water partition coefficient (Wildman–Crippen LogP) is 3.08. The Kier molecular flexibility index (Phi) is 6.15. The highest BCUT2D eigenvalue weighted by atomic mass is 32.2. The monoisotopic (exact) mass is 359 g/mol. The average molecular weight is 359 g/mol. The molecule has 2 heterocycles. The number of benzene rings is 1. The molecule has 0 aromatic heterocycles. The van der Waals surface area contributed by atoms with Gasteiger partial charge in [0, 0.05) is 31.7 Å². The van der Waals surface area contributed by atoms with Crippen molar-refractivity contribution in [1.29, 1.82) is 0 Å². The number of unbranched alkanes of at least 4 members (excludes halogenated alkanes) is 1. The summed E-state index contributed by atoms with van der Waals surface area (Å²) in [5.41, 5.74) is 0.935. The summed E-state index contributed by atoms with van der Waals surface area (Å²) in [4.78, 5) is 21.7. The van der Waals surface area contributed by atoms with Gasteiger partial charge in [-0.2, -0.15) is 4.99 Å². The highest BCUT2D eigenvalue weighted by Crippen LogP contribution is 2.32. The van der Waals surface area contributed by atoms with E-state index in [9.17, 15) is 4.79 Å². The van der Waals surface area contributed by atoms with Crippen molar-refractivity contribution in [3.63, 3.8) is 0 Å². The van der Waals surface area contributed by atoms with Gasteiger partial charge in [0.05, 0.1) is 11.5 Å². The molecular formula is C19H25N3O2S. The zero-order chi connectivity index (χ0) is 17.6. The first-order valence-corrected chi connectivity index (χ1v) is 9.67. The number of hydrogen-bond acceptors (Lipinski definition) is 5. The van der Waals surface area contributed by atoms with Gasteiger partial charge in [0.2, 0.25) is 0 Å². The van der Waals surface area contributed by atoms with Crippen LogP contribution in [0.25, 0.3) is 6.08 Å². The van der Waals surface area contributed by atoms with Crippen LogP contribution in [0.2, 0.25) is 0 Å². The fraction of sp³-hybridized carbons (Fsp3) is 0.474. The normalized spacial score (nSPS) is 20.2. The fourth-order valence-corrected chi connectivity index (χ4v) is 3.69. The number of carbonyl (C=O) groups is 1. The standard InChI is InChI=1S/C19H25N3O2S/c1-3-4-13-24-16-8-6-5-7-15(16)14-17-18(23)20-19(25-17)22-11-9-21(2)10-12-22/h5-8,14H,3-4,9-13H2,1-2H3. The Morgan fingerprint density at radius 2 is 2.00 bits per heavy atom. The third-order valence-electron chi connectivity index (χ3n) is 4.34. The maximum absolute atomic E-state index is 12.3. The first-order valence-electron chi connectivity index (χ1n) is 8.85. The van der Waals surface area contributed by atoms with Crippen molar-refractivity contribution in [2.24, 2.45) is 4.99 Å². The molecule has 0 unspecified atom stereocenters. The Labute approximate surface area is 153 Å². The van der Waals surface area contributed by atoms with Gasteiger partial charge < -0.3 is 14.5 Å². The summed E-state index contributed by atoms with van der Waals surface area (Å²) in [5.74, 6) is 0.673. The number of nitrogens with zero attached hydrogens (tertiary/aromatic N) is 3. The van der Waals surface area contributed by atoms with E-state index in [0.717, 1.165) is 55.5 Å². The zero-order valence-corrected chi connectivity index (χ0v) is 15.7. The van der Waals surface area contributed by atoms with Gasteiger partial charge in [-0.15, -0.1) is 0 Å². The number of amidine groups is 1. The summed E-state index contributed by atoms with van der Waals surface area (Å²) >= 11 is 1.47. The van der Waals surface area contributed by atoms with Crippen LogP contribution in [-0.2, 0) is 4.79 Å². The van der Waals surface area contributed by atoms with Crippen molar-refractivity contribution < 1.29 is 9.53 Å². The van der Waals surface area contributed by atoms with E-state index < -0.39 is 0 Å². The molecule has 1 saturated heterocycles. The molecule has 1 aromatic rings. The number of ether oxygens (including phenoxy) is 1. The van der Waals surface area contributed by atoms with E-state index in [4.69, 9.17) is 4.74 Å². The molecule has 6 heteroatoms. The molecule has 0 radical (unpaired) electrons. The fourth-order valence-electron chi connectivity index (χ4n) is 2.73. The van der Waals surface area contributed by atoms with Gasteiger partial charge in [-0.25, -0.2) is 0 Å². The minimum atomic E-state index is -0.151. The lowest BCUT2D eigenvalue weighted by atomic mass is 10.2. The molecule has 2 aliphatic heterocycles. The van der Waals surface area contributed by atoms with Crippen molar-refractivity contribution >= 4 is 28.9 Å². The quantitative estimate of drug-likeness (QED) is 0.597. The molecule has 0 saturated carbocycles. The van der Waals surface area contributed by atoms with E-state index in [1.54, 1.807) is 0 Å². The molecule has 3 rings (SSSR count). The van der Waals surface area contributed by atoms with Gasteiger partial charge in [0.1, 0.15) is 5.75 Å². The van der Waals surface area contributed by atoms with E-state index in [1.807, 2.05) is 30.3 Å². The van der Waals surface area contributed by atoms with E-state index in [1.165, 1.54) is 11.8 Å². The van der Waals surface area contributed by atoms with E-state index >= 15 is 0 Å². The van der Waals surface area contributed by atoms with Crippen LogP contribution in [-0.4, -0.2) is 60.7 Å². The van der Waals surface area contributed by atoms with Crippen LogP contribution in [0.1, 0.15) is 25.3 Å². The van der Waals surface area contributed by atoms with Gasteiger partial charge in [-0.05, 0) is 37.4 Å². The third kappa shape index (κ3) is 4.64. The van der Waals surface area contributed by atoms with Gasteiger partial charge in [0.25, 0.3) is 5.91 Å². The van der Waals surface area contributed by atoms with Crippen molar-refractivity contribution in [3.8, 4) is 5.75 Å². The second-order valence-corrected chi connectivity index (χ2v) is 7.35. The van der Waals surface area contributed by atoms with Gasteiger partial charge in [-0.1, -0.05) is 31.5 Å². The van der Waals surface area contributed by atoms with Crippen molar-refractivity contribution in [1.82, 2.24) is 9.80 Å². The molecule has 0 spiro atoms. The summed E-state index contributed by atoms with van der Waals surface area (Å²) in [6, 6.07) is 7.86. The number of aliphatic imine (C=N–C) groups is 1. The highest BCUT2D eigenvalue weighted by Gasteiger charge is 2.28. The van der Waals surface area contributed by atoms with Crippen LogP contribution in [0.3, 0.4) is 0 Å². The van der Waals surface area contributed by atoms with Crippen LogP contribution in [0.4, 0.5) is 0 Å². The minimum Gasteiger partial charge on any atom is -0.493 e. The lowest BCUT2D eigenvalue weighted by Gasteiger charge is -2.32. The Morgan fingerprint density at radius 1 is 1.24 bits per heavy atom. The lowest BCUT2D eigenvalue weighted by Crippen LogP contribution is -2.46. The maximum Gasteiger partial charge on any atom is 0.286 e. The number of amides is 1. The van der Waals surface area contributed by atoms with E-state index in [2.05, 4.69) is 28.8 Å². The molecule has 1 fully saturated rings. The molecule has 134 valence electrons. The molecular weight excluding hydrogens is 334 g/mol. The maximum atomic E-state index is 12.3. The van der Waals surface area contributed by atoms with Gasteiger partial charge in [-0.3, -0.25) is 4.79 Å². The number of thioether (sulfide) groups is 1. The Hall–Kier alpha value is -1.79. The number of likely N-dealkylation sites (N-methyl/N-ethyl adjacent to an activating group) is 1. The largest absolute Gasteiger partial charge is 0.493 e. The predicted molar refractivity (Wildman–Crippen MR) is 104 cm³/mol. The second kappa shape index (κ2) is 8.54. The first-order chi connectivity index (χ1) is 12.2. The van der Waals surface area contributed by atoms with E-state index in [-0.39, 0.29) is 5.91 Å². The van der Waals surface area contributed by atoms with Gasteiger partial charge in [0.15, 0.2) is 5.17 Å². The number of rotatable bonds is 5. The summed E-state index contributed by atoms with van der Waals surface area (Å²) in [6.07, 6.45) is 4.02. The molecule has 1 amide bonds. The summed E-state index contributed by atoms with van der Waals surface area (Å²) in [5, 5.41) is 0.828. The Morgan fingerprint density at radius 3 is 2.76 bits per heavy atom. The summed E-state index contributed by atoms with van der Waals surface area (Å²) < 4.78 is 5.86. The third-order valence-corrected chi connectivity index (χ3v) is 5.39. The molecule has 0 aliphatic carbocycles. The summed E-state index contributed by atoms with van der Waals surface area (Å²) in [6.45, 7) is 6.67. The number of piperazine rings is 1. The first kappa shape index (κ1) is 18.0. The number of para-hydroxylation sites is 1. The molecule has 0 bridgehead atoms. The highest BCUT2D eigenvalue weighted by molar-refractivity contribution is 8.18. The zero-order valence-electron chi connectivity index (χ0n) is 14.9. The molecule has 25 heavy (non-hydrogen) atoms. The summed E-state index contributed by atoms with van der Waals surface area (Å²) in [7, 11) is 2.12. The molecule has 0 atom stereocenters. The lowest BCUT2D eigenvalue weighted by molar-refractivity contribution is -0.113. The Balaban J connectivity index is 1.70. The molecule has 1 aromatic carbocycles. The van der Waals surface area contributed by atoms with E-state index in [0.29, 0.717) is 11.5 Å².